The van der Waals surface area contributed by atoms with Gasteiger partial charge in [0.2, 0.25) is 6.79 Å². The number of nitrogen functional groups attached to an aromatic ring is 1. The van der Waals surface area contributed by atoms with Gasteiger partial charge in [-0.15, -0.1) is 0 Å². The van der Waals surface area contributed by atoms with Crippen LogP contribution in [0.1, 0.15) is 0 Å². The lowest BCUT2D eigenvalue weighted by atomic mass is 9.98. The monoisotopic (exact) mass is 497 g/mol. The Morgan fingerprint density at radius 3 is 2.50 bits per heavy atom. The van der Waals surface area contributed by atoms with Gasteiger partial charge in [-0.2, -0.15) is 0 Å². The highest BCUT2D eigenvalue weighted by atomic mass is 32.2. The van der Waals surface area contributed by atoms with Crippen molar-refractivity contribution in [3.8, 4) is 33.8 Å². The van der Waals surface area contributed by atoms with E-state index in [1.54, 1.807) is 43.0 Å². The van der Waals surface area contributed by atoms with Gasteiger partial charge in [-0.25, -0.2) is 13.4 Å². The summed E-state index contributed by atoms with van der Waals surface area (Å²) in [6.07, 6.45) is 6.78. The van der Waals surface area contributed by atoms with Crippen LogP contribution in [0.5, 0.6) is 11.5 Å². The second kappa shape index (κ2) is 8.51. The quantitative estimate of drug-likeness (QED) is 0.364. The summed E-state index contributed by atoms with van der Waals surface area (Å²) in [6.45, 7) is 0.0919. The van der Waals surface area contributed by atoms with Crippen LogP contribution in [0.4, 0.5) is 11.5 Å². The van der Waals surface area contributed by atoms with Crippen LogP contribution in [-0.4, -0.2) is 30.2 Å². The maximum atomic E-state index is 13.2. The minimum Gasteiger partial charge on any atom is -0.454 e. The number of aromatic nitrogens is 3. The Balaban J connectivity index is 1.39. The molecule has 0 saturated carbocycles. The molecule has 3 aromatic heterocycles. The highest BCUT2D eigenvalue weighted by molar-refractivity contribution is 7.92. The maximum Gasteiger partial charge on any atom is 0.265 e. The molecule has 178 valence electrons. The van der Waals surface area contributed by atoms with Crippen LogP contribution in [0.2, 0.25) is 0 Å². The zero-order chi connectivity index (χ0) is 24.7. The van der Waals surface area contributed by atoms with Crippen LogP contribution in [0.3, 0.4) is 0 Å². The fourth-order valence-electron chi connectivity index (χ4n) is 4.11. The number of nitrogens with zero attached hydrogens (tertiary/aromatic N) is 3. The van der Waals surface area contributed by atoms with Crippen LogP contribution in [0, 0.1) is 0 Å². The average Bonchev–Trinajstić information content (AvgIpc) is 3.36. The van der Waals surface area contributed by atoms with Crippen molar-refractivity contribution in [2.24, 2.45) is 0 Å². The molecule has 0 saturated heterocycles. The first-order valence-electron chi connectivity index (χ1n) is 11.0. The predicted octanol–water partition coefficient (Wildman–Crippen LogP) is 4.47. The molecule has 0 radical (unpaired) electrons. The number of benzene rings is 2. The van der Waals surface area contributed by atoms with Crippen molar-refractivity contribution in [3.05, 3.63) is 85.5 Å². The van der Waals surface area contributed by atoms with Crippen molar-refractivity contribution in [1.29, 1.82) is 0 Å². The Kier molecular flexibility index (Phi) is 5.15. The molecule has 5 aromatic rings. The molecule has 0 bridgehead atoms. The number of pyridine rings is 3. The molecular formula is C26H19N5O4S. The predicted molar refractivity (Wildman–Crippen MR) is 136 cm³/mol. The van der Waals surface area contributed by atoms with Crippen LogP contribution in [0.25, 0.3) is 33.2 Å². The molecule has 36 heavy (non-hydrogen) atoms. The summed E-state index contributed by atoms with van der Waals surface area (Å²) in [4.78, 5) is 12.6. The zero-order valence-corrected chi connectivity index (χ0v) is 19.6. The molecule has 4 heterocycles. The minimum absolute atomic E-state index is 0.0919. The summed E-state index contributed by atoms with van der Waals surface area (Å²) in [5.41, 5.74) is 10.5. The molecule has 10 heteroatoms. The SMILES string of the molecule is Nc1ncc(-c2ccc3nccc(-c4ccncc4)c3c2)cc1S(=O)(=O)Nc1ccc2c(c1)OCO2. The third-order valence-corrected chi connectivity index (χ3v) is 7.27. The molecule has 0 fully saturated rings. The molecule has 3 N–H and O–H groups in total. The summed E-state index contributed by atoms with van der Waals surface area (Å²) in [6, 6.07) is 17.8. The van der Waals surface area contributed by atoms with E-state index in [-0.39, 0.29) is 17.5 Å². The lowest BCUT2D eigenvalue weighted by molar-refractivity contribution is 0.174. The number of sulfonamides is 1. The van der Waals surface area contributed by atoms with E-state index in [9.17, 15) is 8.42 Å². The van der Waals surface area contributed by atoms with E-state index < -0.39 is 10.0 Å². The topological polar surface area (TPSA) is 129 Å². The van der Waals surface area contributed by atoms with Crippen molar-refractivity contribution in [3.63, 3.8) is 0 Å². The molecule has 6 rings (SSSR count). The van der Waals surface area contributed by atoms with Crippen LogP contribution in [-0.2, 0) is 10.0 Å². The van der Waals surface area contributed by atoms with E-state index in [4.69, 9.17) is 15.2 Å². The Morgan fingerprint density at radius 1 is 0.806 bits per heavy atom. The molecule has 0 amide bonds. The van der Waals surface area contributed by atoms with E-state index in [0.717, 1.165) is 27.6 Å². The lowest BCUT2D eigenvalue weighted by Crippen LogP contribution is -2.15. The van der Waals surface area contributed by atoms with Crippen molar-refractivity contribution in [2.75, 3.05) is 17.2 Å². The molecule has 0 aliphatic carbocycles. The third-order valence-electron chi connectivity index (χ3n) is 5.86. The molecule has 0 atom stereocenters. The van der Waals surface area contributed by atoms with Crippen molar-refractivity contribution in [2.45, 2.75) is 4.90 Å². The normalized spacial score (nSPS) is 12.6. The van der Waals surface area contributed by atoms with Gasteiger partial charge < -0.3 is 15.2 Å². The van der Waals surface area contributed by atoms with E-state index in [0.29, 0.717) is 22.7 Å². The fraction of sp³-hybridized carbons (Fsp3) is 0.0385. The van der Waals surface area contributed by atoms with Crippen LogP contribution >= 0.6 is 0 Å². The molecule has 1 aliphatic rings. The second-order valence-corrected chi connectivity index (χ2v) is 9.76. The van der Waals surface area contributed by atoms with Crippen LogP contribution in [0.15, 0.2) is 90.3 Å². The zero-order valence-electron chi connectivity index (χ0n) is 18.8. The third kappa shape index (κ3) is 3.93. The van der Waals surface area contributed by atoms with Crippen molar-refractivity contribution < 1.29 is 17.9 Å². The summed E-state index contributed by atoms with van der Waals surface area (Å²) in [7, 11) is -4.04. The molecular weight excluding hydrogens is 478 g/mol. The number of hydrogen-bond donors (Lipinski definition) is 2. The Labute approximate surface area is 206 Å². The smallest absolute Gasteiger partial charge is 0.265 e. The minimum atomic E-state index is -4.04. The highest BCUT2D eigenvalue weighted by Gasteiger charge is 2.22. The van der Waals surface area contributed by atoms with E-state index in [1.807, 2.05) is 36.4 Å². The van der Waals surface area contributed by atoms with Gasteiger partial charge in [-0.3, -0.25) is 14.7 Å². The van der Waals surface area contributed by atoms with Gasteiger partial charge in [-0.05, 0) is 65.2 Å². The lowest BCUT2D eigenvalue weighted by Gasteiger charge is -2.13. The first kappa shape index (κ1) is 21.8. The molecule has 0 unspecified atom stereocenters. The van der Waals surface area contributed by atoms with E-state index in [2.05, 4.69) is 19.7 Å². The number of ether oxygens (including phenoxy) is 2. The molecule has 0 spiro atoms. The van der Waals surface area contributed by atoms with Crippen LogP contribution < -0.4 is 19.9 Å². The number of hydrogen-bond acceptors (Lipinski definition) is 8. The number of nitrogens with two attached hydrogens (primary N) is 1. The van der Waals surface area contributed by atoms with Gasteiger partial charge in [0.1, 0.15) is 10.7 Å². The summed E-state index contributed by atoms with van der Waals surface area (Å²) >= 11 is 0. The first-order chi connectivity index (χ1) is 17.5. The molecule has 1 aliphatic heterocycles. The number of fused-ring (bicyclic) bond motifs is 2. The Morgan fingerprint density at radius 2 is 1.64 bits per heavy atom. The first-order valence-corrected chi connectivity index (χ1v) is 12.4. The number of nitrogens with one attached hydrogen (secondary N) is 1. The van der Waals surface area contributed by atoms with E-state index >= 15 is 0 Å². The van der Waals surface area contributed by atoms with Crippen molar-refractivity contribution >= 4 is 32.4 Å². The van der Waals surface area contributed by atoms with E-state index in [1.165, 1.54) is 6.07 Å². The fourth-order valence-corrected chi connectivity index (χ4v) is 5.26. The number of rotatable bonds is 5. The maximum absolute atomic E-state index is 13.2. The second-order valence-electron chi connectivity index (χ2n) is 8.11. The number of anilines is 2. The van der Waals surface area contributed by atoms with Gasteiger partial charge in [0.25, 0.3) is 10.0 Å². The largest absolute Gasteiger partial charge is 0.454 e. The summed E-state index contributed by atoms with van der Waals surface area (Å²) in [5, 5.41) is 0.918. The van der Waals surface area contributed by atoms with Gasteiger partial charge in [0.15, 0.2) is 11.5 Å². The molecule has 9 nitrogen and oxygen atoms in total. The summed E-state index contributed by atoms with van der Waals surface area (Å²) < 4.78 is 39.6. The highest BCUT2D eigenvalue weighted by Crippen LogP contribution is 2.36. The standard InChI is InChI=1S/C26H19N5O4S/c27-26-25(36(32,33)31-19-2-4-23-24(13-19)35-15-34-23)12-18(14-30-26)17-1-3-22-21(11-17)20(7-10-29-22)16-5-8-28-9-6-16/h1-14,31H,15H2,(H2,27,30). The average molecular weight is 498 g/mol. The van der Waals surface area contributed by atoms with Gasteiger partial charge in [-0.1, -0.05) is 6.07 Å². The van der Waals surface area contributed by atoms with Gasteiger partial charge in [0.05, 0.1) is 11.2 Å². The van der Waals surface area contributed by atoms with Gasteiger partial charge in [0, 0.05) is 41.8 Å². The summed E-state index contributed by atoms with van der Waals surface area (Å²) in [5.74, 6) is 0.912. The molecule has 2 aromatic carbocycles. The Bertz CT molecular complexity index is 1730. The Hall–Kier alpha value is -4.70. The van der Waals surface area contributed by atoms with Gasteiger partial charge >= 0.3 is 0 Å². The van der Waals surface area contributed by atoms with Crippen molar-refractivity contribution in [1.82, 2.24) is 15.0 Å².